The number of esters is 1. The summed E-state index contributed by atoms with van der Waals surface area (Å²) in [6.45, 7) is 4.60. The molecule has 2 heterocycles. The topological polar surface area (TPSA) is 78.2 Å². The van der Waals surface area contributed by atoms with E-state index in [0.717, 1.165) is 35.6 Å². The fourth-order valence-electron chi connectivity index (χ4n) is 6.70. The maximum Gasteiger partial charge on any atom is 0.309 e. The van der Waals surface area contributed by atoms with E-state index in [1.807, 2.05) is 36.5 Å². The van der Waals surface area contributed by atoms with Gasteiger partial charge in [0.05, 0.1) is 25.2 Å². The molecule has 1 saturated carbocycles. The third kappa shape index (κ3) is 6.83. The molecule has 0 radical (unpaired) electrons. The molecule has 1 saturated heterocycles. The Morgan fingerprint density at radius 2 is 1.90 bits per heavy atom. The van der Waals surface area contributed by atoms with Gasteiger partial charge < -0.3 is 15.0 Å². The smallest absolute Gasteiger partial charge is 0.309 e. The maximum atomic E-state index is 11.8. The summed E-state index contributed by atoms with van der Waals surface area (Å²) in [6.07, 6.45) is 10.7. The second kappa shape index (κ2) is 12.6. The highest BCUT2D eigenvalue weighted by molar-refractivity contribution is 5.74. The summed E-state index contributed by atoms with van der Waals surface area (Å²) in [7, 11) is 1.42. The summed E-state index contributed by atoms with van der Waals surface area (Å²) in [5.41, 5.74) is 5.30. The fraction of sp³-hybridized carbons (Fsp3) is 0.441. The number of nitrogens with one attached hydrogen (secondary N) is 1. The van der Waals surface area contributed by atoms with Crippen molar-refractivity contribution >= 4 is 17.5 Å². The van der Waals surface area contributed by atoms with Crippen molar-refractivity contribution < 1.29 is 9.53 Å². The summed E-state index contributed by atoms with van der Waals surface area (Å²) in [4.78, 5) is 19.0. The average molecular weight is 537 g/mol. The molecule has 40 heavy (non-hydrogen) atoms. The van der Waals surface area contributed by atoms with Crippen molar-refractivity contribution in [1.82, 2.24) is 4.98 Å². The standard InChI is InChI=1S/C34H40N4O2/c1-34(16-6-18-38(24-34)30-13-11-25(23-35)12-14-30)22-29-8-3-4-10-31(29)37-32-21-28(15-17-36-32)27-9-5-7-26(19-27)20-33(39)40-2/h5,7,9,11-15,17,19,21,29,31H,3-4,6,8,10,16,18,20,22,24H2,1-2H3,(H,36,37)/t29-,31+,34+/m0/s1. The van der Waals surface area contributed by atoms with Crippen LogP contribution in [0.4, 0.5) is 11.5 Å². The van der Waals surface area contributed by atoms with Crippen molar-refractivity contribution in [3.63, 3.8) is 0 Å². The third-order valence-corrected chi connectivity index (χ3v) is 8.74. The Bertz CT molecular complexity index is 1350. The zero-order valence-electron chi connectivity index (χ0n) is 23.7. The first-order valence-corrected chi connectivity index (χ1v) is 14.6. The van der Waals surface area contributed by atoms with E-state index in [1.165, 1.54) is 57.7 Å². The summed E-state index contributed by atoms with van der Waals surface area (Å²) in [5.74, 6) is 1.29. The Kier molecular flexibility index (Phi) is 8.69. The lowest BCUT2D eigenvalue weighted by atomic mass is 9.70. The SMILES string of the molecule is COC(=O)Cc1cccc(-c2ccnc(N[C@@H]3CCCC[C@H]3C[C@@]3(C)CCCN(c4ccc(C#N)cc4)C3)c2)c1. The van der Waals surface area contributed by atoms with Crippen molar-refractivity contribution in [3.8, 4) is 17.2 Å². The molecule has 1 N–H and O–H groups in total. The van der Waals surface area contributed by atoms with Crippen LogP contribution in [0.25, 0.3) is 11.1 Å². The summed E-state index contributed by atoms with van der Waals surface area (Å²) in [5, 5.41) is 13.0. The molecule has 1 aliphatic heterocycles. The first-order chi connectivity index (χ1) is 19.4. The zero-order valence-corrected chi connectivity index (χ0v) is 23.7. The molecule has 6 nitrogen and oxygen atoms in total. The van der Waals surface area contributed by atoms with Gasteiger partial charge >= 0.3 is 5.97 Å². The number of nitrogens with zero attached hydrogens (tertiary/aromatic N) is 3. The van der Waals surface area contributed by atoms with Gasteiger partial charge in [-0.1, -0.05) is 44.0 Å². The van der Waals surface area contributed by atoms with Gasteiger partial charge in [0, 0.05) is 31.0 Å². The number of piperidine rings is 1. The summed E-state index contributed by atoms with van der Waals surface area (Å²) in [6, 6.07) is 22.9. The number of carbonyl (C=O) groups excluding carboxylic acids is 1. The Labute approximate surface area is 238 Å². The van der Waals surface area contributed by atoms with Gasteiger partial charge in [-0.25, -0.2) is 4.98 Å². The molecule has 1 aromatic heterocycles. The lowest BCUT2D eigenvalue weighted by Crippen LogP contribution is -2.45. The Morgan fingerprint density at radius 1 is 1.10 bits per heavy atom. The number of nitriles is 1. The second-order valence-corrected chi connectivity index (χ2v) is 11.9. The predicted molar refractivity (Wildman–Crippen MR) is 160 cm³/mol. The number of anilines is 2. The van der Waals surface area contributed by atoms with Gasteiger partial charge in [-0.15, -0.1) is 0 Å². The molecular weight excluding hydrogens is 496 g/mol. The predicted octanol–water partition coefficient (Wildman–Crippen LogP) is 7.00. The first-order valence-electron chi connectivity index (χ1n) is 14.6. The molecule has 6 heteroatoms. The largest absolute Gasteiger partial charge is 0.469 e. The molecule has 0 bridgehead atoms. The van der Waals surface area contributed by atoms with Crippen LogP contribution in [0, 0.1) is 22.7 Å². The van der Waals surface area contributed by atoms with Crippen LogP contribution in [0.1, 0.15) is 63.0 Å². The van der Waals surface area contributed by atoms with E-state index in [2.05, 4.69) is 53.5 Å². The van der Waals surface area contributed by atoms with Gasteiger partial charge in [-0.05, 0) is 96.5 Å². The lowest BCUT2D eigenvalue weighted by Gasteiger charge is -2.45. The molecule has 0 spiro atoms. The summed E-state index contributed by atoms with van der Waals surface area (Å²) >= 11 is 0. The van der Waals surface area contributed by atoms with E-state index in [-0.39, 0.29) is 17.8 Å². The van der Waals surface area contributed by atoms with Crippen LogP contribution < -0.4 is 10.2 Å². The van der Waals surface area contributed by atoms with E-state index in [1.54, 1.807) is 0 Å². The molecule has 0 amide bonds. The Hall–Kier alpha value is -3.85. The van der Waals surface area contributed by atoms with Crippen molar-refractivity contribution in [1.29, 1.82) is 5.26 Å². The number of hydrogen-bond acceptors (Lipinski definition) is 6. The van der Waals surface area contributed by atoms with E-state index in [0.29, 0.717) is 17.5 Å². The number of hydrogen-bond donors (Lipinski definition) is 1. The van der Waals surface area contributed by atoms with Crippen LogP contribution >= 0.6 is 0 Å². The highest BCUT2D eigenvalue weighted by Gasteiger charge is 2.37. The number of pyridine rings is 1. The van der Waals surface area contributed by atoms with E-state index in [9.17, 15) is 4.79 Å². The van der Waals surface area contributed by atoms with Crippen LogP contribution in [-0.2, 0) is 16.0 Å². The van der Waals surface area contributed by atoms with E-state index in [4.69, 9.17) is 15.0 Å². The molecule has 0 unspecified atom stereocenters. The number of ether oxygens (including phenoxy) is 1. The van der Waals surface area contributed by atoms with Gasteiger partial charge in [0.1, 0.15) is 5.82 Å². The monoisotopic (exact) mass is 536 g/mol. The van der Waals surface area contributed by atoms with Gasteiger partial charge in [0.15, 0.2) is 0 Å². The lowest BCUT2D eigenvalue weighted by molar-refractivity contribution is -0.139. The molecule has 2 fully saturated rings. The minimum Gasteiger partial charge on any atom is -0.469 e. The van der Waals surface area contributed by atoms with E-state index < -0.39 is 0 Å². The van der Waals surface area contributed by atoms with Crippen LogP contribution in [-0.4, -0.2) is 37.2 Å². The Morgan fingerprint density at radius 3 is 2.70 bits per heavy atom. The highest BCUT2D eigenvalue weighted by Crippen LogP contribution is 2.42. The number of rotatable bonds is 8. The minimum absolute atomic E-state index is 0.232. The zero-order chi connectivity index (χ0) is 28.0. The van der Waals surface area contributed by atoms with Gasteiger partial charge in [0.2, 0.25) is 0 Å². The quantitative estimate of drug-likeness (QED) is 0.312. The number of carbonyl (C=O) groups is 1. The van der Waals surface area contributed by atoms with Crippen LogP contribution in [0.3, 0.4) is 0 Å². The highest BCUT2D eigenvalue weighted by atomic mass is 16.5. The van der Waals surface area contributed by atoms with Crippen LogP contribution in [0.15, 0.2) is 66.9 Å². The first kappa shape index (κ1) is 27.7. The fourth-order valence-corrected chi connectivity index (χ4v) is 6.70. The maximum absolute atomic E-state index is 11.8. The van der Waals surface area contributed by atoms with Crippen molar-refractivity contribution in [2.75, 3.05) is 30.4 Å². The molecule has 1 aliphatic carbocycles. The third-order valence-electron chi connectivity index (χ3n) is 8.74. The average Bonchev–Trinajstić information content (AvgIpc) is 2.98. The molecule has 3 atom stereocenters. The van der Waals surface area contributed by atoms with Gasteiger partial charge in [-0.2, -0.15) is 5.26 Å². The van der Waals surface area contributed by atoms with Gasteiger partial charge in [0.25, 0.3) is 0 Å². The normalized spacial score (nSPS) is 22.8. The van der Waals surface area contributed by atoms with Crippen LogP contribution in [0.2, 0.25) is 0 Å². The van der Waals surface area contributed by atoms with Crippen LogP contribution in [0.5, 0.6) is 0 Å². The molecule has 208 valence electrons. The molecule has 2 aromatic carbocycles. The van der Waals surface area contributed by atoms with Crippen molar-refractivity contribution in [2.45, 2.75) is 64.3 Å². The number of aromatic nitrogens is 1. The number of methoxy groups -OCH3 is 1. The molecule has 5 rings (SSSR count). The number of benzene rings is 2. The minimum atomic E-state index is -0.232. The van der Waals surface area contributed by atoms with E-state index >= 15 is 0 Å². The Balaban J connectivity index is 1.27. The second-order valence-electron chi connectivity index (χ2n) is 11.9. The summed E-state index contributed by atoms with van der Waals surface area (Å²) < 4.78 is 4.84. The molecule has 3 aromatic rings. The molecular formula is C34H40N4O2. The van der Waals surface area contributed by atoms with Crippen molar-refractivity contribution in [3.05, 3.63) is 78.0 Å². The molecule has 2 aliphatic rings. The van der Waals surface area contributed by atoms with Gasteiger partial charge in [-0.3, -0.25) is 4.79 Å². The van der Waals surface area contributed by atoms with Crippen molar-refractivity contribution in [2.24, 2.45) is 11.3 Å².